The maximum absolute atomic E-state index is 12.5. The second kappa shape index (κ2) is 11.7. The van der Waals surface area contributed by atoms with Crippen LogP contribution < -0.4 is 10.5 Å². The topological polar surface area (TPSA) is 176 Å². The van der Waals surface area contributed by atoms with E-state index in [9.17, 15) is 35.3 Å². The fourth-order valence-corrected chi connectivity index (χ4v) is 8.61. The fraction of sp³-hybridized carbons (Fsp3) is 0.594. The first-order chi connectivity index (χ1) is 20.3. The molecule has 0 heterocycles. The number of allylic oxidation sites excluding steroid dienone is 2. The molecular weight excluding hydrogens is 554 g/mol. The van der Waals surface area contributed by atoms with E-state index in [0.717, 1.165) is 50.3 Å². The van der Waals surface area contributed by atoms with Gasteiger partial charge in [-0.2, -0.15) is 5.23 Å². The molecule has 43 heavy (non-hydrogen) atoms. The minimum absolute atomic E-state index is 0.0281. The van der Waals surface area contributed by atoms with Gasteiger partial charge in [0.05, 0.1) is 5.71 Å². The molecule has 4 aliphatic carbocycles. The first-order valence-corrected chi connectivity index (χ1v) is 15.0. The number of rotatable bonds is 8. The normalized spacial score (nSPS) is 36.2. The van der Waals surface area contributed by atoms with E-state index in [1.165, 1.54) is 23.8 Å². The number of aliphatic hydroxyl groups excluding tert-OH is 1. The highest BCUT2D eigenvalue weighted by molar-refractivity contribution is 5.96. The number of oxime groups is 1. The molecule has 0 aromatic heterocycles. The van der Waals surface area contributed by atoms with Gasteiger partial charge in [-0.1, -0.05) is 42.6 Å². The molecule has 3 saturated carbocycles. The molecular formula is C32H41N3O8. The van der Waals surface area contributed by atoms with Crippen LogP contribution in [0.25, 0.3) is 0 Å². The molecule has 11 nitrogen and oxygen atoms in total. The van der Waals surface area contributed by atoms with E-state index in [2.05, 4.69) is 36.3 Å². The van der Waals surface area contributed by atoms with Crippen LogP contribution in [0.3, 0.4) is 0 Å². The zero-order valence-corrected chi connectivity index (χ0v) is 24.6. The summed E-state index contributed by atoms with van der Waals surface area (Å²) in [6.07, 6.45) is 13.3. The largest absolute Gasteiger partial charge is 0.595 e. The summed E-state index contributed by atoms with van der Waals surface area (Å²) in [5, 5.41) is 57.0. The summed E-state index contributed by atoms with van der Waals surface area (Å²) < 4.78 is 0. The van der Waals surface area contributed by atoms with Gasteiger partial charge in [0.2, 0.25) is 0 Å². The lowest BCUT2D eigenvalue weighted by Crippen LogP contribution is -2.99. The van der Waals surface area contributed by atoms with Crippen molar-refractivity contribution < 1.29 is 40.2 Å². The van der Waals surface area contributed by atoms with E-state index in [1.54, 1.807) is 0 Å². The molecule has 6 N–H and O–H groups in total. The first kappa shape index (κ1) is 31.2. The van der Waals surface area contributed by atoms with E-state index in [0.29, 0.717) is 30.6 Å². The third-order valence-electron chi connectivity index (χ3n) is 11.1. The maximum Gasteiger partial charge on any atom is 0.329 e. The van der Waals surface area contributed by atoms with Gasteiger partial charge in [-0.25, -0.2) is 10.0 Å². The second-order valence-electron chi connectivity index (χ2n) is 13.1. The molecule has 5 rings (SSSR count). The molecule has 9 atom stereocenters. The number of amides is 1. The quantitative estimate of drug-likeness (QED) is 0.196. The van der Waals surface area contributed by atoms with Crippen LogP contribution in [0.4, 0.5) is 5.69 Å². The minimum atomic E-state index is -1.71. The SMILES string of the molecule is C#C[C@]1(O)CC[C@@H]2[C@H]3CCC4=CC(=NOCC(=O)N[C@H](C(=O)O)[C@@H](O)c5cccc([NH+]([O-])O)c5)CC[C@]4(C)[C@H]3CC[C@]21C. The van der Waals surface area contributed by atoms with E-state index in [1.807, 2.05) is 0 Å². The molecule has 232 valence electrons. The number of hydrogen-bond acceptors (Lipinski definition) is 8. The molecule has 1 amide bonds. The standard InChI is InChI=1S/C32H41N3O8/c1-4-32(40)15-12-25-23-9-8-20-17-21(10-13-30(20,2)24(23)11-14-31(25,32)3)34-43-18-26(36)33-27(29(38)39)28(37)19-6-5-7-22(16-19)35(41)42/h1,5-7,16-17,23-25,27-28,35,37,40-41H,8-15,18H2,2-3H3,(H,33,36)(H,38,39)/t23-,24-,25+,27-,28-,30-,31+,32-/m0/s1. The van der Waals surface area contributed by atoms with Crippen molar-refractivity contribution in [3.63, 3.8) is 0 Å². The third kappa shape index (κ3) is 5.47. The van der Waals surface area contributed by atoms with Gasteiger partial charge >= 0.3 is 5.97 Å². The van der Waals surface area contributed by atoms with Gasteiger partial charge in [-0.3, -0.25) is 4.79 Å². The number of nitrogens with one attached hydrogen (secondary N) is 2. The van der Waals surface area contributed by atoms with Gasteiger partial charge in [0.15, 0.2) is 18.3 Å². The van der Waals surface area contributed by atoms with Crippen molar-refractivity contribution in [1.82, 2.24) is 5.32 Å². The predicted octanol–water partition coefficient (Wildman–Crippen LogP) is 2.39. The Kier molecular flexibility index (Phi) is 8.46. The monoisotopic (exact) mass is 595 g/mol. The highest BCUT2D eigenvalue weighted by Crippen LogP contribution is 2.67. The van der Waals surface area contributed by atoms with Gasteiger partial charge in [-0.05, 0) is 86.2 Å². The van der Waals surface area contributed by atoms with Crippen molar-refractivity contribution in [3.05, 3.63) is 46.7 Å². The Balaban J connectivity index is 1.20. The average Bonchev–Trinajstić information content (AvgIpc) is 3.26. The smallest absolute Gasteiger partial charge is 0.329 e. The Morgan fingerprint density at radius 3 is 2.65 bits per heavy atom. The van der Waals surface area contributed by atoms with Crippen molar-refractivity contribution in [2.75, 3.05) is 6.61 Å². The Bertz CT molecular complexity index is 1370. The Morgan fingerprint density at radius 2 is 1.95 bits per heavy atom. The van der Waals surface area contributed by atoms with Crippen LogP contribution >= 0.6 is 0 Å². The molecule has 3 fully saturated rings. The van der Waals surface area contributed by atoms with E-state index in [-0.39, 0.29) is 22.1 Å². The van der Waals surface area contributed by atoms with Crippen LogP contribution in [-0.2, 0) is 14.4 Å². The van der Waals surface area contributed by atoms with Crippen LogP contribution in [-0.4, -0.2) is 56.4 Å². The lowest BCUT2D eigenvalue weighted by Gasteiger charge is -2.58. The van der Waals surface area contributed by atoms with Crippen molar-refractivity contribution in [2.24, 2.45) is 33.7 Å². The number of carbonyl (C=O) groups is 2. The molecule has 11 heteroatoms. The van der Waals surface area contributed by atoms with Gasteiger partial charge in [0.25, 0.3) is 5.91 Å². The molecule has 0 radical (unpaired) electrons. The first-order valence-electron chi connectivity index (χ1n) is 15.0. The molecule has 1 aromatic carbocycles. The summed E-state index contributed by atoms with van der Waals surface area (Å²) in [5.74, 6) is 1.91. The van der Waals surface area contributed by atoms with Crippen molar-refractivity contribution in [2.45, 2.75) is 83.0 Å². The zero-order chi connectivity index (χ0) is 31.2. The van der Waals surface area contributed by atoms with Crippen LogP contribution in [0.2, 0.25) is 0 Å². The molecule has 1 aromatic rings. The van der Waals surface area contributed by atoms with Crippen LogP contribution in [0.15, 0.2) is 41.1 Å². The summed E-state index contributed by atoms with van der Waals surface area (Å²) in [4.78, 5) is 29.6. The number of fused-ring (bicyclic) bond motifs is 5. The van der Waals surface area contributed by atoms with Crippen LogP contribution in [0, 0.1) is 46.1 Å². The second-order valence-corrected chi connectivity index (χ2v) is 13.1. The summed E-state index contributed by atoms with van der Waals surface area (Å²) in [5.41, 5.74) is 0.746. The Labute approximate surface area is 251 Å². The maximum atomic E-state index is 12.5. The number of terminal acetylenes is 1. The number of nitrogens with zero attached hydrogens (tertiary/aromatic N) is 1. The highest BCUT2D eigenvalue weighted by atomic mass is 16.8. The van der Waals surface area contributed by atoms with Crippen LogP contribution in [0.1, 0.15) is 76.9 Å². The lowest BCUT2D eigenvalue weighted by atomic mass is 9.46. The van der Waals surface area contributed by atoms with Crippen LogP contribution in [0.5, 0.6) is 0 Å². The van der Waals surface area contributed by atoms with Crippen molar-refractivity contribution in [1.29, 1.82) is 0 Å². The van der Waals surface area contributed by atoms with E-state index >= 15 is 0 Å². The number of carboxylic acids is 1. The van der Waals surface area contributed by atoms with Gasteiger partial charge < -0.3 is 30.7 Å². The Morgan fingerprint density at radius 1 is 1.21 bits per heavy atom. The predicted molar refractivity (Wildman–Crippen MR) is 156 cm³/mol. The third-order valence-corrected chi connectivity index (χ3v) is 11.1. The number of carboxylic acid groups (broad SMARTS) is 1. The summed E-state index contributed by atoms with van der Waals surface area (Å²) in [6.45, 7) is 3.98. The number of benzene rings is 1. The van der Waals surface area contributed by atoms with Gasteiger partial charge in [-0.15, -0.1) is 6.42 Å². The van der Waals surface area contributed by atoms with E-state index < -0.39 is 41.5 Å². The number of carbonyl (C=O) groups excluding carboxylic acids is 1. The molecule has 0 aliphatic heterocycles. The van der Waals surface area contributed by atoms with Gasteiger partial charge in [0.1, 0.15) is 11.7 Å². The number of quaternary nitrogens is 1. The molecule has 0 bridgehead atoms. The minimum Gasteiger partial charge on any atom is -0.595 e. The number of aliphatic hydroxyl groups is 2. The summed E-state index contributed by atoms with van der Waals surface area (Å²) >= 11 is 0. The van der Waals surface area contributed by atoms with Crippen molar-refractivity contribution >= 4 is 23.3 Å². The summed E-state index contributed by atoms with van der Waals surface area (Å²) in [6, 6.07) is 3.53. The lowest BCUT2D eigenvalue weighted by molar-refractivity contribution is -0.991. The summed E-state index contributed by atoms with van der Waals surface area (Å²) in [7, 11) is 0. The highest BCUT2D eigenvalue weighted by Gasteiger charge is 2.63. The number of aliphatic carboxylic acids is 1. The van der Waals surface area contributed by atoms with Gasteiger partial charge in [0, 0.05) is 17.5 Å². The Hall–Kier alpha value is -3.27. The average molecular weight is 596 g/mol. The molecule has 1 unspecified atom stereocenters. The van der Waals surface area contributed by atoms with E-state index in [4.69, 9.17) is 11.3 Å². The molecule has 0 saturated heterocycles. The van der Waals surface area contributed by atoms with Crippen molar-refractivity contribution in [3.8, 4) is 12.3 Å². The molecule has 4 aliphatic rings. The molecule has 0 spiro atoms. The fourth-order valence-electron chi connectivity index (χ4n) is 8.61. The zero-order valence-electron chi connectivity index (χ0n) is 24.6. The number of hydrogen-bond donors (Lipinski definition) is 6.